The molecule has 10 heteroatoms. The number of amides is 1. The molecule has 0 aromatic carbocycles. The summed E-state index contributed by atoms with van der Waals surface area (Å²) in [4.78, 5) is 32.6. The number of hydrogen-bond donors (Lipinski definition) is 2. The molecule has 1 aliphatic carbocycles. The van der Waals surface area contributed by atoms with Gasteiger partial charge in [0, 0.05) is 0 Å². The van der Waals surface area contributed by atoms with Gasteiger partial charge in [-0.05, 0) is 46.5 Å². The number of nitrogens with one attached hydrogen (secondary N) is 1. The summed E-state index contributed by atoms with van der Waals surface area (Å²) in [6, 6.07) is 0. The Morgan fingerprint density at radius 3 is 2.56 bits per heavy atom. The molecule has 1 saturated carbocycles. The summed E-state index contributed by atoms with van der Waals surface area (Å²) in [5.74, 6) is -1.31. The van der Waals surface area contributed by atoms with Gasteiger partial charge in [0.05, 0.1) is 0 Å². The van der Waals surface area contributed by atoms with E-state index in [-0.39, 0.29) is 21.3 Å². The fourth-order valence-electron chi connectivity index (χ4n) is 2.20. The minimum Gasteiger partial charge on any atom is -0.476 e. The first-order valence-corrected chi connectivity index (χ1v) is 8.99. The number of carbonyl (C=O) groups is 2. The summed E-state index contributed by atoms with van der Waals surface area (Å²) < 4.78 is 5.20. The van der Waals surface area contributed by atoms with Crippen LogP contribution in [0.4, 0.5) is 9.93 Å². The van der Waals surface area contributed by atoms with Crippen molar-refractivity contribution in [2.24, 2.45) is 5.16 Å². The molecule has 0 saturated heterocycles. The molecule has 0 bridgehead atoms. The largest absolute Gasteiger partial charge is 0.476 e. The van der Waals surface area contributed by atoms with Crippen molar-refractivity contribution in [1.29, 1.82) is 0 Å². The summed E-state index contributed by atoms with van der Waals surface area (Å²) in [7, 11) is 0. The van der Waals surface area contributed by atoms with Crippen molar-refractivity contribution in [3.63, 3.8) is 0 Å². The maximum absolute atomic E-state index is 11.8. The van der Waals surface area contributed by atoms with Crippen molar-refractivity contribution in [1.82, 2.24) is 4.98 Å². The van der Waals surface area contributed by atoms with Crippen LogP contribution >= 0.6 is 22.9 Å². The van der Waals surface area contributed by atoms with E-state index in [1.807, 2.05) is 0 Å². The first kappa shape index (κ1) is 19.5. The minimum atomic E-state index is -1.31. The highest BCUT2D eigenvalue weighted by Gasteiger charge is 2.25. The molecule has 0 atom stereocenters. The molecule has 138 valence electrons. The molecule has 0 aliphatic heterocycles. The van der Waals surface area contributed by atoms with Crippen LogP contribution in [0.15, 0.2) is 5.16 Å². The molecule has 0 radical (unpaired) electrons. The lowest BCUT2D eigenvalue weighted by atomic mass is 10.2. The van der Waals surface area contributed by atoms with Crippen molar-refractivity contribution in [2.45, 2.75) is 58.2 Å². The molecule has 1 amide bonds. The SMILES string of the molecule is CC(C)(C)OC(=O)Nc1nc(C(=NOC2CCCC2)C(=O)O)c(Cl)s1. The first-order valence-electron chi connectivity index (χ1n) is 7.79. The van der Waals surface area contributed by atoms with Crippen LogP contribution in [-0.4, -0.2) is 39.6 Å². The van der Waals surface area contributed by atoms with Gasteiger partial charge in [-0.2, -0.15) is 0 Å². The first-order chi connectivity index (χ1) is 11.7. The van der Waals surface area contributed by atoms with Crippen molar-refractivity contribution in [3.8, 4) is 0 Å². The van der Waals surface area contributed by atoms with E-state index in [2.05, 4.69) is 15.5 Å². The van der Waals surface area contributed by atoms with Crippen molar-refractivity contribution >= 4 is 45.8 Å². The maximum Gasteiger partial charge on any atom is 0.413 e. The Bertz CT molecular complexity index is 677. The zero-order chi connectivity index (χ0) is 18.6. The van der Waals surface area contributed by atoms with Crippen LogP contribution in [0.1, 0.15) is 52.1 Å². The van der Waals surface area contributed by atoms with Gasteiger partial charge in [0.1, 0.15) is 21.7 Å². The molecule has 8 nitrogen and oxygen atoms in total. The van der Waals surface area contributed by atoms with Gasteiger partial charge in [0.25, 0.3) is 0 Å². The summed E-state index contributed by atoms with van der Waals surface area (Å²) >= 11 is 6.98. The number of thiazole rings is 1. The number of carboxylic acid groups (broad SMARTS) is 1. The van der Waals surface area contributed by atoms with E-state index in [0.29, 0.717) is 0 Å². The Hall–Kier alpha value is -1.87. The second kappa shape index (κ2) is 8.01. The van der Waals surface area contributed by atoms with E-state index in [1.54, 1.807) is 20.8 Å². The molecule has 0 unspecified atom stereocenters. The molecule has 1 aromatic heterocycles. The Balaban J connectivity index is 2.13. The number of carbonyl (C=O) groups excluding carboxylic acids is 1. The van der Waals surface area contributed by atoms with Crippen LogP contribution in [0.3, 0.4) is 0 Å². The maximum atomic E-state index is 11.8. The zero-order valence-electron chi connectivity index (χ0n) is 14.2. The Kier molecular flexibility index (Phi) is 6.23. The van der Waals surface area contributed by atoms with Crippen LogP contribution in [0.5, 0.6) is 0 Å². The van der Waals surface area contributed by atoms with E-state index < -0.39 is 23.4 Å². The van der Waals surface area contributed by atoms with Crippen LogP contribution in [0, 0.1) is 0 Å². The molecule has 1 fully saturated rings. The van der Waals surface area contributed by atoms with Crippen LogP contribution in [-0.2, 0) is 14.4 Å². The third kappa shape index (κ3) is 5.86. The zero-order valence-corrected chi connectivity index (χ0v) is 15.7. The Morgan fingerprint density at radius 2 is 2.00 bits per heavy atom. The van der Waals surface area contributed by atoms with Crippen LogP contribution < -0.4 is 5.32 Å². The predicted octanol–water partition coefficient (Wildman–Crippen LogP) is 3.89. The van der Waals surface area contributed by atoms with Crippen molar-refractivity contribution < 1.29 is 24.3 Å². The summed E-state index contributed by atoms with van der Waals surface area (Å²) in [6.07, 6.45) is 2.94. The fourth-order valence-corrected chi connectivity index (χ4v) is 3.23. The van der Waals surface area contributed by atoms with Crippen LogP contribution in [0.2, 0.25) is 4.34 Å². The van der Waals surface area contributed by atoms with E-state index in [4.69, 9.17) is 21.2 Å². The average molecular weight is 390 g/mol. The highest BCUT2D eigenvalue weighted by Crippen LogP contribution is 2.29. The number of anilines is 1. The molecular formula is C15H20ClN3O5S. The second-order valence-electron chi connectivity index (χ2n) is 6.53. The quantitative estimate of drug-likeness (QED) is 0.583. The molecular weight excluding hydrogens is 370 g/mol. The molecule has 0 spiro atoms. The van der Waals surface area contributed by atoms with Crippen molar-refractivity contribution in [2.75, 3.05) is 5.32 Å². The lowest BCUT2D eigenvalue weighted by Gasteiger charge is -2.18. The standard InChI is InChI=1S/C15H20ClN3O5S/c1-15(2,3)23-14(22)18-13-17-9(11(16)25-13)10(12(20)21)19-24-8-6-4-5-7-8/h8H,4-7H2,1-3H3,(H,20,21)(H,17,18,22). The topological polar surface area (TPSA) is 110 Å². The summed E-state index contributed by atoms with van der Waals surface area (Å²) in [5, 5.41) is 15.6. The fraction of sp³-hybridized carbons (Fsp3) is 0.600. The summed E-state index contributed by atoms with van der Waals surface area (Å²) in [5.41, 5.74) is -1.12. The lowest BCUT2D eigenvalue weighted by Crippen LogP contribution is -2.27. The third-order valence-electron chi connectivity index (χ3n) is 3.22. The number of hydrogen-bond acceptors (Lipinski definition) is 7. The van der Waals surface area contributed by atoms with Gasteiger partial charge < -0.3 is 14.7 Å². The number of ether oxygens (including phenoxy) is 1. The van der Waals surface area contributed by atoms with Gasteiger partial charge in [-0.25, -0.2) is 14.6 Å². The van der Waals surface area contributed by atoms with Gasteiger partial charge in [-0.15, -0.1) is 0 Å². The number of carboxylic acids is 1. The lowest BCUT2D eigenvalue weighted by molar-refractivity contribution is -0.129. The highest BCUT2D eigenvalue weighted by atomic mass is 35.5. The third-order valence-corrected chi connectivity index (χ3v) is 4.39. The van der Waals surface area contributed by atoms with Gasteiger partial charge in [0.2, 0.25) is 5.71 Å². The average Bonchev–Trinajstić information content (AvgIpc) is 3.07. The Morgan fingerprint density at radius 1 is 1.36 bits per heavy atom. The molecule has 2 N–H and O–H groups in total. The van der Waals surface area contributed by atoms with E-state index >= 15 is 0 Å². The molecule has 25 heavy (non-hydrogen) atoms. The van der Waals surface area contributed by atoms with Gasteiger partial charge in [-0.3, -0.25) is 5.32 Å². The number of halogens is 1. The summed E-state index contributed by atoms with van der Waals surface area (Å²) in [6.45, 7) is 5.17. The van der Waals surface area contributed by atoms with E-state index in [1.165, 1.54) is 0 Å². The number of aliphatic carboxylic acids is 1. The van der Waals surface area contributed by atoms with Gasteiger partial charge in [-0.1, -0.05) is 28.1 Å². The molecule has 1 aromatic rings. The van der Waals surface area contributed by atoms with E-state index in [9.17, 15) is 14.7 Å². The molecule has 1 aliphatic rings. The minimum absolute atomic E-state index is 0.0526. The number of aromatic nitrogens is 1. The number of rotatable bonds is 5. The van der Waals surface area contributed by atoms with Crippen molar-refractivity contribution in [3.05, 3.63) is 10.0 Å². The molecule has 1 heterocycles. The second-order valence-corrected chi connectivity index (χ2v) is 8.13. The van der Waals surface area contributed by atoms with Gasteiger partial charge in [0.15, 0.2) is 5.13 Å². The number of oxime groups is 1. The van der Waals surface area contributed by atoms with E-state index in [0.717, 1.165) is 37.0 Å². The Labute approximate surface area is 154 Å². The van der Waals surface area contributed by atoms with Gasteiger partial charge >= 0.3 is 12.1 Å². The monoisotopic (exact) mass is 389 g/mol. The molecule has 2 rings (SSSR count). The highest BCUT2D eigenvalue weighted by molar-refractivity contribution is 7.20. The normalized spacial score (nSPS) is 15.9. The number of nitrogens with zero attached hydrogens (tertiary/aromatic N) is 2. The smallest absolute Gasteiger partial charge is 0.413 e. The van der Waals surface area contributed by atoms with Crippen LogP contribution in [0.25, 0.3) is 0 Å². The predicted molar refractivity (Wildman–Crippen MR) is 94.5 cm³/mol.